The molecule has 1 aliphatic rings. The van der Waals surface area contributed by atoms with E-state index in [9.17, 15) is 9.90 Å². The Kier molecular flexibility index (Phi) is 4.07. The lowest BCUT2D eigenvalue weighted by Crippen LogP contribution is -2.52. The summed E-state index contributed by atoms with van der Waals surface area (Å²) in [6.07, 6.45) is 1.93. The van der Waals surface area contributed by atoms with Gasteiger partial charge in [-0.1, -0.05) is 18.2 Å². The summed E-state index contributed by atoms with van der Waals surface area (Å²) >= 11 is 0. The van der Waals surface area contributed by atoms with Crippen molar-refractivity contribution in [2.24, 2.45) is 5.73 Å². The summed E-state index contributed by atoms with van der Waals surface area (Å²) < 4.78 is 5.90. The molecule has 2 unspecified atom stereocenters. The molecule has 1 saturated carbocycles. The topological polar surface area (TPSA) is 84.6 Å². The maximum atomic E-state index is 11.5. The molecule has 0 bridgehead atoms. The number of carbonyl (C=O) groups excluding carboxylic acids is 1. The number of ether oxygens (including phenoxy) is 1. The molecule has 19 heavy (non-hydrogen) atoms. The first-order valence-corrected chi connectivity index (χ1v) is 6.45. The quantitative estimate of drug-likeness (QED) is 0.725. The smallest absolute Gasteiger partial charge is 0.237 e. The molecule has 0 radical (unpaired) electrons. The fraction of sp³-hybridized carbons (Fsp3) is 0.500. The largest absolute Gasteiger partial charge is 0.490 e. The van der Waals surface area contributed by atoms with Crippen LogP contribution < -0.4 is 15.8 Å². The number of rotatable bonds is 5. The zero-order valence-electron chi connectivity index (χ0n) is 11.1. The predicted octanol–water partition coefficient (Wildman–Crippen LogP) is 0.554. The average molecular weight is 264 g/mol. The first-order chi connectivity index (χ1) is 9.11. The second-order valence-corrected chi connectivity index (χ2v) is 4.94. The third kappa shape index (κ3) is 2.72. The van der Waals surface area contributed by atoms with Gasteiger partial charge in [0.2, 0.25) is 5.91 Å². The van der Waals surface area contributed by atoms with Gasteiger partial charge in [-0.25, -0.2) is 0 Å². The Balaban J connectivity index is 2.08. The minimum atomic E-state index is -0.668. The van der Waals surface area contributed by atoms with Gasteiger partial charge in [0.05, 0.1) is 6.61 Å². The third-order valence-electron chi connectivity index (χ3n) is 3.86. The molecule has 2 rings (SSSR count). The number of hydrogen-bond acceptors (Lipinski definition) is 4. The van der Waals surface area contributed by atoms with Crippen molar-refractivity contribution in [1.29, 1.82) is 0 Å². The third-order valence-corrected chi connectivity index (χ3v) is 3.86. The molecule has 0 aromatic heterocycles. The summed E-state index contributed by atoms with van der Waals surface area (Å²) in [5.41, 5.74) is 5.54. The van der Waals surface area contributed by atoms with Crippen molar-refractivity contribution in [1.82, 2.24) is 5.32 Å². The normalized spacial score (nSPS) is 26.3. The Hall–Kier alpha value is -1.59. The number of carbonyl (C=O) groups is 1. The van der Waals surface area contributed by atoms with Crippen LogP contribution in [0.15, 0.2) is 24.3 Å². The Bertz CT molecular complexity index is 464. The van der Waals surface area contributed by atoms with Crippen LogP contribution in [0.25, 0.3) is 0 Å². The van der Waals surface area contributed by atoms with E-state index in [1.54, 1.807) is 7.05 Å². The van der Waals surface area contributed by atoms with Gasteiger partial charge in [0.15, 0.2) is 0 Å². The monoisotopic (exact) mass is 264 g/mol. The minimum absolute atomic E-state index is 0.0596. The predicted molar refractivity (Wildman–Crippen MR) is 71.6 cm³/mol. The summed E-state index contributed by atoms with van der Waals surface area (Å²) in [5.74, 6) is 0.336. The summed E-state index contributed by atoms with van der Waals surface area (Å²) in [7, 11) is 1.74. The number of primary amides is 1. The van der Waals surface area contributed by atoms with Crippen molar-refractivity contribution >= 4 is 5.91 Å². The van der Waals surface area contributed by atoms with E-state index < -0.39 is 5.54 Å². The van der Waals surface area contributed by atoms with Gasteiger partial charge in [-0.3, -0.25) is 4.79 Å². The molecule has 0 spiro atoms. The average Bonchev–Trinajstić information content (AvgIpc) is 2.84. The molecule has 1 fully saturated rings. The molecule has 1 aromatic rings. The van der Waals surface area contributed by atoms with Crippen molar-refractivity contribution in [2.75, 3.05) is 7.05 Å². The Morgan fingerprint density at radius 3 is 2.89 bits per heavy atom. The van der Waals surface area contributed by atoms with Gasteiger partial charge in [-0.2, -0.15) is 0 Å². The van der Waals surface area contributed by atoms with E-state index in [0.717, 1.165) is 12.0 Å². The Morgan fingerprint density at radius 2 is 2.32 bits per heavy atom. The molecule has 1 aromatic carbocycles. The van der Waals surface area contributed by atoms with E-state index >= 15 is 0 Å². The second-order valence-electron chi connectivity index (χ2n) is 4.94. The molecule has 4 N–H and O–H groups in total. The standard InChI is InChI=1S/C14H20N2O3/c1-16-14(13(15)18)7-6-11(8-14)19-12-5-3-2-4-10(12)9-17/h2-5,11,16-17H,6-9H2,1H3,(H2,15,18). The van der Waals surface area contributed by atoms with Crippen LogP contribution >= 0.6 is 0 Å². The Labute approximate surface area is 112 Å². The van der Waals surface area contributed by atoms with Crippen LogP contribution in [0.2, 0.25) is 0 Å². The van der Waals surface area contributed by atoms with E-state index in [1.807, 2.05) is 24.3 Å². The first kappa shape index (κ1) is 13.8. The fourth-order valence-electron chi connectivity index (χ4n) is 2.60. The lowest BCUT2D eigenvalue weighted by atomic mass is 9.97. The van der Waals surface area contributed by atoms with E-state index in [0.29, 0.717) is 18.6 Å². The van der Waals surface area contributed by atoms with E-state index in [4.69, 9.17) is 10.5 Å². The van der Waals surface area contributed by atoms with Gasteiger partial charge in [0.1, 0.15) is 17.4 Å². The maximum Gasteiger partial charge on any atom is 0.237 e. The lowest BCUT2D eigenvalue weighted by molar-refractivity contribution is -0.124. The van der Waals surface area contributed by atoms with Gasteiger partial charge < -0.3 is 20.9 Å². The zero-order chi connectivity index (χ0) is 13.9. The van der Waals surface area contributed by atoms with Gasteiger partial charge >= 0.3 is 0 Å². The van der Waals surface area contributed by atoms with Crippen LogP contribution in [0.4, 0.5) is 0 Å². The molecule has 5 heteroatoms. The summed E-state index contributed by atoms with van der Waals surface area (Å²) in [6.45, 7) is -0.0596. The van der Waals surface area contributed by atoms with Crippen LogP contribution in [0, 0.1) is 0 Å². The van der Waals surface area contributed by atoms with Crippen molar-refractivity contribution in [3.8, 4) is 5.75 Å². The number of nitrogens with two attached hydrogens (primary N) is 1. The molecule has 1 aliphatic carbocycles. The number of nitrogens with one attached hydrogen (secondary N) is 1. The number of aliphatic hydroxyl groups is 1. The SMILES string of the molecule is CNC1(C(N)=O)CCC(Oc2ccccc2CO)C1. The summed E-state index contributed by atoms with van der Waals surface area (Å²) in [4.78, 5) is 11.5. The maximum absolute atomic E-state index is 11.5. The van der Waals surface area contributed by atoms with Gasteiger partial charge in [0, 0.05) is 12.0 Å². The first-order valence-electron chi connectivity index (χ1n) is 6.45. The highest BCUT2D eigenvalue weighted by Crippen LogP contribution is 2.33. The molecule has 0 heterocycles. The number of amides is 1. The van der Waals surface area contributed by atoms with Crippen molar-refractivity contribution in [3.63, 3.8) is 0 Å². The molecular weight excluding hydrogens is 244 g/mol. The number of likely N-dealkylation sites (N-methyl/N-ethyl adjacent to an activating group) is 1. The highest BCUT2D eigenvalue weighted by molar-refractivity contribution is 5.85. The van der Waals surface area contributed by atoms with Crippen LogP contribution in [-0.2, 0) is 11.4 Å². The van der Waals surface area contributed by atoms with Crippen molar-refractivity contribution in [2.45, 2.75) is 37.5 Å². The van der Waals surface area contributed by atoms with Crippen molar-refractivity contribution in [3.05, 3.63) is 29.8 Å². The second kappa shape index (κ2) is 5.59. The molecule has 2 atom stereocenters. The van der Waals surface area contributed by atoms with Gasteiger partial charge in [-0.15, -0.1) is 0 Å². The molecule has 5 nitrogen and oxygen atoms in total. The molecule has 0 saturated heterocycles. The van der Waals surface area contributed by atoms with E-state index in [1.165, 1.54) is 0 Å². The molecule has 0 aliphatic heterocycles. The van der Waals surface area contributed by atoms with E-state index in [-0.39, 0.29) is 18.6 Å². The zero-order valence-corrected chi connectivity index (χ0v) is 11.1. The summed E-state index contributed by atoms with van der Waals surface area (Å²) in [6, 6.07) is 7.37. The van der Waals surface area contributed by atoms with E-state index in [2.05, 4.69) is 5.32 Å². The number of benzene rings is 1. The fourth-order valence-corrected chi connectivity index (χ4v) is 2.60. The van der Waals surface area contributed by atoms with Crippen LogP contribution in [0.5, 0.6) is 5.75 Å². The van der Waals surface area contributed by atoms with Gasteiger partial charge in [-0.05, 0) is 26.0 Å². The van der Waals surface area contributed by atoms with Crippen LogP contribution in [0.1, 0.15) is 24.8 Å². The number of aliphatic hydroxyl groups excluding tert-OH is 1. The molecule has 104 valence electrons. The minimum Gasteiger partial charge on any atom is -0.490 e. The molecular formula is C14H20N2O3. The highest BCUT2D eigenvalue weighted by atomic mass is 16.5. The van der Waals surface area contributed by atoms with Crippen molar-refractivity contribution < 1.29 is 14.6 Å². The number of hydrogen-bond donors (Lipinski definition) is 3. The Morgan fingerprint density at radius 1 is 1.58 bits per heavy atom. The lowest BCUT2D eigenvalue weighted by Gasteiger charge is -2.25. The van der Waals surface area contributed by atoms with Crippen LogP contribution in [-0.4, -0.2) is 29.7 Å². The highest BCUT2D eigenvalue weighted by Gasteiger charge is 2.43. The van der Waals surface area contributed by atoms with Crippen LogP contribution in [0.3, 0.4) is 0 Å². The van der Waals surface area contributed by atoms with Gasteiger partial charge in [0.25, 0.3) is 0 Å². The number of para-hydroxylation sites is 1. The summed E-state index contributed by atoms with van der Waals surface area (Å²) in [5, 5.41) is 12.3. The molecule has 1 amide bonds.